The van der Waals surface area contributed by atoms with E-state index in [2.05, 4.69) is 51.5 Å². The Morgan fingerprint density at radius 2 is 1.58 bits per heavy atom. The number of carbonyl (C=O) groups is 2. The van der Waals surface area contributed by atoms with Gasteiger partial charge in [-0.25, -0.2) is 0 Å². The molecule has 9 nitrogen and oxygen atoms in total. The first kappa shape index (κ1) is 34.3. The molecule has 0 aromatic heterocycles. The number of aliphatic hydroxyl groups is 1. The Bertz CT molecular complexity index is 1490. The van der Waals surface area contributed by atoms with Gasteiger partial charge in [-0.05, 0) is 79.6 Å². The second kappa shape index (κ2) is 16.7. The fraction of sp³-hybridized carbons (Fsp3) is 0.487. The van der Waals surface area contributed by atoms with Crippen LogP contribution in [0, 0.1) is 0 Å². The van der Waals surface area contributed by atoms with Crippen LogP contribution in [0.4, 0.5) is 0 Å². The van der Waals surface area contributed by atoms with Crippen molar-refractivity contribution in [2.45, 2.75) is 89.1 Å². The van der Waals surface area contributed by atoms with Gasteiger partial charge in [0.05, 0.1) is 18.8 Å². The lowest BCUT2D eigenvalue weighted by Gasteiger charge is -2.39. The van der Waals surface area contributed by atoms with Crippen LogP contribution in [-0.4, -0.2) is 76.8 Å². The zero-order valence-electron chi connectivity index (χ0n) is 27.8. The number of rotatable bonds is 14. The minimum absolute atomic E-state index is 0.0141. The number of aliphatic carboxylic acids is 1. The molecule has 1 amide bonds. The Hall–Kier alpha value is -3.60. The molecular formula is C39H49N3O6. The number of hydrogen-bond acceptors (Lipinski definition) is 7. The van der Waals surface area contributed by atoms with Crippen molar-refractivity contribution in [3.8, 4) is 11.1 Å². The molecule has 256 valence electrons. The van der Waals surface area contributed by atoms with Gasteiger partial charge in [-0.15, -0.1) is 0 Å². The molecule has 0 radical (unpaired) electrons. The number of carboxylic acids is 1. The predicted molar refractivity (Wildman–Crippen MR) is 184 cm³/mol. The molecule has 0 bridgehead atoms. The van der Waals surface area contributed by atoms with Crippen LogP contribution in [0.1, 0.15) is 86.0 Å². The summed E-state index contributed by atoms with van der Waals surface area (Å²) in [5, 5.41) is 21.4. The first-order chi connectivity index (χ1) is 23.4. The maximum atomic E-state index is 12.3. The molecule has 9 heteroatoms. The Morgan fingerprint density at radius 3 is 2.33 bits per heavy atom. The monoisotopic (exact) mass is 655 g/mol. The van der Waals surface area contributed by atoms with Gasteiger partial charge in [-0.3, -0.25) is 14.5 Å². The summed E-state index contributed by atoms with van der Waals surface area (Å²) in [5.74, 6) is -1.05. The molecule has 3 aromatic carbocycles. The normalized spacial score (nSPS) is 23.4. The minimum atomic E-state index is -0.892. The molecule has 3 aliphatic rings. The zero-order valence-corrected chi connectivity index (χ0v) is 27.8. The summed E-state index contributed by atoms with van der Waals surface area (Å²) in [5.41, 5.74) is 5.98. The standard InChI is InChI=1S/C39H49N3O6/c43-27-28-12-14-30(15-13-28)36-23-34(26-42-22-6-8-33(42)25-41-20-3-4-21-41)47-39(48-36)31-18-16-29(17-19-31)35-9-2-1-7-32(35)24-40-37(44)10-5-11-38(45)46/h1-2,7,9,12-19,33-34,36,39,43H,3-6,8,10-11,20-27H2,(H,40,44)(H,45,46)/t33-,34+,36-,39-/m0/s1. The fourth-order valence-electron chi connectivity index (χ4n) is 7.36. The van der Waals surface area contributed by atoms with Gasteiger partial charge in [0, 0.05) is 50.5 Å². The van der Waals surface area contributed by atoms with Crippen LogP contribution in [0.25, 0.3) is 11.1 Å². The number of nitrogens with zero attached hydrogens (tertiary/aromatic N) is 2. The van der Waals surface area contributed by atoms with E-state index in [0.29, 0.717) is 19.0 Å². The number of ether oxygens (including phenoxy) is 2. The van der Waals surface area contributed by atoms with Gasteiger partial charge in [0.15, 0.2) is 6.29 Å². The molecule has 3 fully saturated rings. The summed E-state index contributed by atoms with van der Waals surface area (Å²) in [7, 11) is 0. The van der Waals surface area contributed by atoms with Crippen molar-refractivity contribution < 1.29 is 29.3 Å². The van der Waals surface area contributed by atoms with Crippen LogP contribution in [0.2, 0.25) is 0 Å². The van der Waals surface area contributed by atoms with Crippen molar-refractivity contribution in [1.29, 1.82) is 0 Å². The summed E-state index contributed by atoms with van der Waals surface area (Å²) in [6.07, 6.45) is 5.75. The van der Waals surface area contributed by atoms with E-state index >= 15 is 0 Å². The Balaban J connectivity index is 1.15. The van der Waals surface area contributed by atoms with Crippen molar-refractivity contribution in [3.05, 3.63) is 95.1 Å². The van der Waals surface area contributed by atoms with E-state index in [1.54, 1.807) is 0 Å². The van der Waals surface area contributed by atoms with Gasteiger partial charge in [-0.1, -0.05) is 72.8 Å². The van der Waals surface area contributed by atoms with Crippen molar-refractivity contribution in [3.63, 3.8) is 0 Å². The van der Waals surface area contributed by atoms with Crippen LogP contribution >= 0.6 is 0 Å². The Labute approximate surface area is 283 Å². The van der Waals surface area contributed by atoms with Crippen LogP contribution in [-0.2, 0) is 32.2 Å². The molecule has 6 rings (SSSR count). The average Bonchev–Trinajstić information content (AvgIpc) is 3.80. The van der Waals surface area contributed by atoms with E-state index in [-0.39, 0.29) is 37.6 Å². The van der Waals surface area contributed by atoms with E-state index in [1.807, 2.05) is 36.4 Å². The smallest absolute Gasteiger partial charge is 0.303 e. The molecule has 48 heavy (non-hydrogen) atoms. The molecule has 0 saturated carbocycles. The summed E-state index contributed by atoms with van der Waals surface area (Å²) in [4.78, 5) is 28.4. The zero-order chi connectivity index (χ0) is 33.3. The number of carboxylic acid groups (broad SMARTS) is 1. The lowest BCUT2D eigenvalue weighted by atomic mass is 9.97. The largest absolute Gasteiger partial charge is 0.481 e. The fourth-order valence-corrected chi connectivity index (χ4v) is 7.36. The molecule has 3 N–H and O–H groups in total. The molecular weight excluding hydrogens is 606 g/mol. The highest BCUT2D eigenvalue weighted by Crippen LogP contribution is 2.39. The number of amides is 1. The molecule has 0 spiro atoms. The lowest BCUT2D eigenvalue weighted by Crippen LogP contribution is -2.45. The van der Waals surface area contributed by atoms with Crippen LogP contribution in [0.5, 0.6) is 0 Å². The second-order valence-electron chi connectivity index (χ2n) is 13.5. The SMILES string of the molecule is O=C(O)CCCC(=O)NCc1ccccc1-c1ccc([C@H]2O[C@@H](CN3CCC[C@H]3CN3CCCC3)C[C@@H](c3ccc(CO)cc3)O2)cc1. The summed E-state index contributed by atoms with van der Waals surface area (Å²) >= 11 is 0. The molecule has 4 atom stereocenters. The number of nitrogens with one attached hydrogen (secondary N) is 1. The number of carbonyl (C=O) groups excluding carboxylic acids is 1. The topological polar surface area (TPSA) is 112 Å². The summed E-state index contributed by atoms with van der Waals surface area (Å²) < 4.78 is 13.4. The lowest BCUT2D eigenvalue weighted by molar-refractivity contribution is -0.253. The third-order valence-corrected chi connectivity index (χ3v) is 10.0. The van der Waals surface area contributed by atoms with Gasteiger partial charge >= 0.3 is 5.97 Å². The van der Waals surface area contributed by atoms with Crippen LogP contribution in [0.15, 0.2) is 72.8 Å². The van der Waals surface area contributed by atoms with Gasteiger partial charge in [0.1, 0.15) is 0 Å². The Morgan fingerprint density at radius 1 is 0.833 bits per heavy atom. The molecule has 0 aliphatic carbocycles. The van der Waals surface area contributed by atoms with Crippen molar-refractivity contribution >= 4 is 11.9 Å². The number of hydrogen-bond donors (Lipinski definition) is 3. The van der Waals surface area contributed by atoms with Gasteiger partial charge in [-0.2, -0.15) is 0 Å². The maximum absolute atomic E-state index is 12.3. The Kier molecular flexibility index (Phi) is 11.9. The molecule has 3 aliphatic heterocycles. The predicted octanol–water partition coefficient (Wildman–Crippen LogP) is 5.82. The summed E-state index contributed by atoms with van der Waals surface area (Å²) in [6, 6.07) is 24.9. The second-order valence-corrected chi connectivity index (χ2v) is 13.5. The third-order valence-electron chi connectivity index (χ3n) is 10.0. The van der Waals surface area contributed by atoms with E-state index in [1.165, 1.54) is 38.8 Å². The molecule has 0 unspecified atom stereocenters. The first-order valence-electron chi connectivity index (χ1n) is 17.6. The van der Waals surface area contributed by atoms with E-state index < -0.39 is 12.3 Å². The van der Waals surface area contributed by atoms with Crippen molar-refractivity contribution in [1.82, 2.24) is 15.1 Å². The highest BCUT2D eigenvalue weighted by atomic mass is 16.7. The highest BCUT2D eigenvalue weighted by molar-refractivity contribution is 5.77. The number of aliphatic hydroxyl groups excluding tert-OH is 1. The third kappa shape index (κ3) is 9.09. The minimum Gasteiger partial charge on any atom is -0.481 e. The number of benzene rings is 3. The quantitative estimate of drug-likeness (QED) is 0.199. The number of likely N-dealkylation sites (tertiary alicyclic amines) is 2. The average molecular weight is 656 g/mol. The van der Waals surface area contributed by atoms with Gasteiger partial charge < -0.3 is 29.9 Å². The molecule has 3 heterocycles. The van der Waals surface area contributed by atoms with Gasteiger partial charge in [0.2, 0.25) is 5.91 Å². The van der Waals surface area contributed by atoms with Crippen molar-refractivity contribution in [2.75, 3.05) is 32.7 Å². The van der Waals surface area contributed by atoms with Crippen molar-refractivity contribution in [2.24, 2.45) is 0 Å². The molecule has 3 aromatic rings. The summed E-state index contributed by atoms with van der Waals surface area (Å²) in [6.45, 7) is 5.96. The van der Waals surface area contributed by atoms with Gasteiger partial charge in [0.25, 0.3) is 0 Å². The highest BCUT2D eigenvalue weighted by Gasteiger charge is 2.36. The van der Waals surface area contributed by atoms with E-state index in [4.69, 9.17) is 14.6 Å². The van der Waals surface area contributed by atoms with E-state index in [0.717, 1.165) is 59.4 Å². The first-order valence-corrected chi connectivity index (χ1v) is 17.6. The van der Waals surface area contributed by atoms with Crippen LogP contribution in [0.3, 0.4) is 0 Å². The molecule has 3 saturated heterocycles. The van der Waals surface area contributed by atoms with E-state index in [9.17, 15) is 14.7 Å². The van der Waals surface area contributed by atoms with Crippen LogP contribution < -0.4 is 5.32 Å². The maximum Gasteiger partial charge on any atom is 0.303 e.